The van der Waals surface area contributed by atoms with Gasteiger partial charge in [-0.2, -0.15) is 4.72 Å². The second kappa shape index (κ2) is 12.6. The lowest BCUT2D eigenvalue weighted by molar-refractivity contribution is 0.0622. The van der Waals surface area contributed by atoms with E-state index < -0.39 is 63.1 Å². The maximum Gasteiger partial charge on any atom is 0.407 e. The topological polar surface area (TPSA) is 158 Å². The van der Waals surface area contributed by atoms with Crippen LogP contribution >= 0.6 is 0 Å². The first-order valence-corrected chi connectivity index (χ1v) is 13.2. The molecule has 0 fully saturated rings. The van der Waals surface area contributed by atoms with Gasteiger partial charge in [0.1, 0.15) is 11.6 Å². The molecule has 2 aromatic rings. The summed E-state index contributed by atoms with van der Waals surface area (Å²) in [6, 6.07) is 8.37. The number of nitrogens with zero attached hydrogens (tertiary/aromatic N) is 2. The van der Waals surface area contributed by atoms with E-state index in [1.807, 2.05) is 4.72 Å². The summed E-state index contributed by atoms with van der Waals surface area (Å²) in [5, 5.41) is 8.21. The molecule has 1 unspecified atom stereocenters. The van der Waals surface area contributed by atoms with Gasteiger partial charge in [0.25, 0.3) is 11.8 Å². The molecule has 0 aliphatic carbocycles. The summed E-state index contributed by atoms with van der Waals surface area (Å²) in [6.07, 6.45) is -0.763. The van der Waals surface area contributed by atoms with Crippen molar-refractivity contribution in [1.82, 2.24) is 25.6 Å². The molecule has 0 saturated heterocycles. The molecule has 15 heteroatoms. The molecule has 0 saturated carbocycles. The van der Waals surface area contributed by atoms with Crippen LogP contribution in [-0.4, -0.2) is 77.1 Å². The zero-order valence-corrected chi connectivity index (χ0v) is 22.1. The van der Waals surface area contributed by atoms with Crippen LogP contribution in [-0.2, 0) is 14.8 Å². The van der Waals surface area contributed by atoms with Gasteiger partial charge in [0, 0.05) is 13.6 Å². The van der Waals surface area contributed by atoms with Gasteiger partial charge in [0.05, 0.1) is 37.5 Å². The van der Waals surface area contributed by atoms with Gasteiger partial charge in [-0.1, -0.05) is 25.1 Å². The van der Waals surface area contributed by atoms with E-state index in [0.717, 1.165) is 23.1 Å². The molecule has 39 heavy (non-hydrogen) atoms. The Balaban J connectivity index is 1.61. The second-order valence-corrected chi connectivity index (χ2v) is 10.2. The minimum atomic E-state index is -4.51. The third-order valence-corrected chi connectivity index (χ3v) is 7.41. The zero-order chi connectivity index (χ0) is 28.7. The van der Waals surface area contributed by atoms with Crippen molar-refractivity contribution in [1.29, 1.82) is 0 Å². The number of halogens is 2. The lowest BCUT2D eigenvalue weighted by Gasteiger charge is -2.28. The molecule has 3 amide bonds. The van der Waals surface area contributed by atoms with E-state index in [9.17, 15) is 31.6 Å². The lowest BCUT2D eigenvalue weighted by Crippen LogP contribution is -2.52. The van der Waals surface area contributed by atoms with E-state index in [1.54, 1.807) is 31.2 Å². The zero-order valence-electron chi connectivity index (χ0n) is 21.3. The molecule has 4 N–H and O–H groups in total. The normalized spacial score (nSPS) is 15.0. The van der Waals surface area contributed by atoms with Gasteiger partial charge in [0.2, 0.25) is 10.0 Å². The summed E-state index contributed by atoms with van der Waals surface area (Å²) >= 11 is 0. The van der Waals surface area contributed by atoms with Gasteiger partial charge in [-0.05, 0) is 30.2 Å². The largest absolute Gasteiger partial charge is 0.453 e. The number of fused-ring (bicyclic) bond motifs is 1. The van der Waals surface area contributed by atoms with Crippen LogP contribution in [0, 0.1) is 17.6 Å². The smallest absolute Gasteiger partial charge is 0.407 e. The van der Waals surface area contributed by atoms with E-state index in [-0.39, 0.29) is 30.2 Å². The number of ether oxygens (including phenoxy) is 1. The van der Waals surface area contributed by atoms with E-state index in [0.29, 0.717) is 0 Å². The minimum Gasteiger partial charge on any atom is -0.453 e. The van der Waals surface area contributed by atoms with Gasteiger partial charge in [0.15, 0.2) is 10.9 Å². The van der Waals surface area contributed by atoms with Crippen LogP contribution in [0.3, 0.4) is 0 Å². The Kier molecular flexibility index (Phi) is 9.53. The Bertz CT molecular complexity index is 1330. The molecule has 1 aliphatic rings. The number of amides is 3. The van der Waals surface area contributed by atoms with Crippen molar-refractivity contribution in [3.8, 4) is 0 Å². The van der Waals surface area contributed by atoms with Crippen molar-refractivity contribution in [3.05, 3.63) is 65.2 Å². The number of carbonyl (C=O) groups is 3. The number of sulfonamides is 1. The summed E-state index contributed by atoms with van der Waals surface area (Å²) in [4.78, 5) is 41.5. The number of aliphatic imine (C=N–C) groups is 1. The standard InChI is InChI=1S/C24H28F2N6O6S/c1-14(11-28-23(27-2)29-13-30-39(36,37)20-17(25)9-6-10-18(20)26)19(31-24(35)38-3)12-32-21(33)15-7-4-5-8-16(15)22(32)34/h4-10,14,19,30H,11-13H2,1-3H3,(H,31,35)(H2,27,28,29)/t14?,19-/m0/s1. The van der Waals surface area contributed by atoms with Crippen molar-refractivity contribution in [2.45, 2.75) is 17.9 Å². The van der Waals surface area contributed by atoms with E-state index in [4.69, 9.17) is 0 Å². The van der Waals surface area contributed by atoms with E-state index >= 15 is 0 Å². The number of nitrogens with one attached hydrogen (secondary N) is 4. The van der Waals surface area contributed by atoms with Crippen molar-refractivity contribution in [2.24, 2.45) is 10.9 Å². The number of benzene rings is 2. The van der Waals surface area contributed by atoms with Crippen LogP contribution in [0.25, 0.3) is 0 Å². The predicted octanol–water partition coefficient (Wildman–Crippen LogP) is 1.02. The van der Waals surface area contributed by atoms with Crippen LogP contribution in [0.15, 0.2) is 52.4 Å². The highest BCUT2D eigenvalue weighted by molar-refractivity contribution is 7.89. The van der Waals surface area contributed by atoms with E-state index in [1.165, 1.54) is 14.2 Å². The fraction of sp³-hybridized carbons (Fsp3) is 0.333. The summed E-state index contributed by atoms with van der Waals surface area (Å²) in [7, 11) is -1.92. The fourth-order valence-corrected chi connectivity index (χ4v) is 4.88. The van der Waals surface area contributed by atoms with Crippen LogP contribution in [0.2, 0.25) is 0 Å². The number of alkyl carbamates (subject to hydrolysis) is 1. The molecule has 2 aromatic carbocycles. The van der Waals surface area contributed by atoms with E-state index in [2.05, 4.69) is 25.7 Å². The van der Waals surface area contributed by atoms with Gasteiger partial charge in [-0.15, -0.1) is 0 Å². The third kappa shape index (κ3) is 6.86. The molecule has 0 spiro atoms. The highest BCUT2D eigenvalue weighted by Crippen LogP contribution is 2.23. The number of rotatable bonds is 10. The Morgan fingerprint density at radius 2 is 1.62 bits per heavy atom. The SMILES string of the molecule is C/N=C(\NCNS(=O)(=O)c1c(F)cccc1F)NCC(C)[C@H](CN1C(=O)c2ccccc2C1=O)NC(=O)OC. The number of hydrogen-bond acceptors (Lipinski definition) is 7. The second-order valence-electron chi connectivity index (χ2n) is 8.49. The molecule has 1 heterocycles. The van der Waals surface area contributed by atoms with Crippen LogP contribution in [0.5, 0.6) is 0 Å². The highest BCUT2D eigenvalue weighted by Gasteiger charge is 2.37. The first kappa shape index (κ1) is 29.4. The maximum absolute atomic E-state index is 13.9. The molecule has 12 nitrogen and oxygen atoms in total. The van der Waals surface area contributed by atoms with Gasteiger partial charge in [-0.25, -0.2) is 22.0 Å². The minimum absolute atomic E-state index is 0.121. The Morgan fingerprint density at radius 3 is 2.15 bits per heavy atom. The Morgan fingerprint density at radius 1 is 1.03 bits per heavy atom. The summed E-state index contributed by atoms with van der Waals surface area (Å²) < 4.78 is 59.1. The first-order chi connectivity index (χ1) is 18.5. The van der Waals surface area contributed by atoms with Crippen molar-refractivity contribution >= 4 is 33.9 Å². The Hall–Kier alpha value is -4.11. The first-order valence-electron chi connectivity index (χ1n) is 11.7. The molecule has 0 aromatic heterocycles. The molecule has 3 rings (SSSR count). The molecule has 0 bridgehead atoms. The number of guanidine groups is 1. The molecule has 1 aliphatic heterocycles. The molecule has 210 valence electrons. The average Bonchev–Trinajstić information content (AvgIpc) is 3.14. The number of imide groups is 1. The summed E-state index contributed by atoms with van der Waals surface area (Å²) in [6.45, 7) is 1.29. The quantitative estimate of drug-likeness (QED) is 0.144. The number of carbonyl (C=O) groups excluding carboxylic acids is 3. The number of methoxy groups -OCH3 is 1. The summed E-state index contributed by atoms with van der Waals surface area (Å²) in [5.41, 5.74) is 0.542. The average molecular weight is 567 g/mol. The predicted molar refractivity (Wildman–Crippen MR) is 136 cm³/mol. The van der Waals surface area contributed by atoms with Crippen molar-refractivity contribution in [3.63, 3.8) is 0 Å². The Labute approximate surface area is 223 Å². The van der Waals surface area contributed by atoms with Crippen molar-refractivity contribution in [2.75, 3.05) is 33.9 Å². The van der Waals surface area contributed by atoms with Gasteiger partial charge in [-0.3, -0.25) is 19.5 Å². The molecule has 0 radical (unpaired) electrons. The van der Waals surface area contributed by atoms with Crippen LogP contribution in [0.4, 0.5) is 13.6 Å². The monoisotopic (exact) mass is 566 g/mol. The molecule has 2 atom stereocenters. The molecular weight excluding hydrogens is 538 g/mol. The van der Waals surface area contributed by atoms with Gasteiger partial charge >= 0.3 is 6.09 Å². The van der Waals surface area contributed by atoms with Gasteiger partial charge < -0.3 is 20.7 Å². The summed E-state index contributed by atoms with van der Waals surface area (Å²) in [5.74, 6) is -3.72. The highest BCUT2D eigenvalue weighted by atomic mass is 32.2. The number of hydrogen-bond donors (Lipinski definition) is 4. The molecular formula is C24H28F2N6O6S. The van der Waals surface area contributed by atoms with Crippen LogP contribution < -0.4 is 20.7 Å². The van der Waals surface area contributed by atoms with Crippen molar-refractivity contribution < 1.29 is 36.3 Å². The maximum atomic E-state index is 13.9. The van der Waals surface area contributed by atoms with Crippen LogP contribution in [0.1, 0.15) is 27.6 Å². The lowest BCUT2D eigenvalue weighted by atomic mass is 10.0. The third-order valence-electron chi connectivity index (χ3n) is 5.95. The fourth-order valence-electron chi connectivity index (χ4n) is 3.83.